The van der Waals surface area contributed by atoms with E-state index in [1.807, 2.05) is 6.92 Å². The molecular formula is C13H28N2O2. The highest BCUT2D eigenvalue weighted by atomic mass is 16.5. The van der Waals surface area contributed by atoms with Crippen molar-refractivity contribution < 1.29 is 9.47 Å². The first-order valence-electron chi connectivity index (χ1n) is 6.82. The molecule has 4 nitrogen and oxygen atoms in total. The maximum absolute atomic E-state index is 5.52. The van der Waals surface area contributed by atoms with Crippen LogP contribution < -0.4 is 5.32 Å². The van der Waals surface area contributed by atoms with E-state index in [9.17, 15) is 0 Å². The summed E-state index contributed by atoms with van der Waals surface area (Å²) in [4.78, 5) is 2.47. The number of hydrogen-bond acceptors (Lipinski definition) is 4. The highest BCUT2D eigenvalue weighted by Gasteiger charge is 2.21. The maximum Gasteiger partial charge on any atom is 0.0619 e. The second-order valence-electron chi connectivity index (χ2n) is 4.79. The molecule has 1 aliphatic rings. The summed E-state index contributed by atoms with van der Waals surface area (Å²) in [7, 11) is 1.76. The Morgan fingerprint density at radius 3 is 2.88 bits per heavy atom. The molecule has 4 heteroatoms. The van der Waals surface area contributed by atoms with E-state index in [1.54, 1.807) is 7.11 Å². The Kier molecular flexibility index (Phi) is 7.77. The van der Waals surface area contributed by atoms with Crippen molar-refractivity contribution in [3.05, 3.63) is 0 Å². The van der Waals surface area contributed by atoms with E-state index in [2.05, 4.69) is 17.1 Å². The van der Waals surface area contributed by atoms with Crippen LogP contribution in [0.15, 0.2) is 0 Å². The lowest BCUT2D eigenvalue weighted by atomic mass is 10.2. The first-order chi connectivity index (χ1) is 8.27. The second kappa shape index (κ2) is 8.86. The summed E-state index contributed by atoms with van der Waals surface area (Å²) < 4.78 is 10.7. The largest absolute Gasteiger partial charge is 0.383 e. The number of rotatable bonds is 9. The fourth-order valence-corrected chi connectivity index (χ4v) is 2.29. The standard InChI is InChI=1S/C13H28N2O2/c1-4-17-11-12(2)15(8-9-16-3)10-13-6-5-7-14-13/h12-14H,4-11H2,1-3H3. The van der Waals surface area contributed by atoms with Gasteiger partial charge in [-0.15, -0.1) is 0 Å². The Hall–Kier alpha value is -0.160. The third-order valence-electron chi connectivity index (χ3n) is 3.39. The first-order valence-corrected chi connectivity index (χ1v) is 6.82. The number of nitrogens with zero attached hydrogens (tertiary/aromatic N) is 1. The van der Waals surface area contributed by atoms with Gasteiger partial charge in [-0.1, -0.05) is 0 Å². The van der Waals surface area contributed by atoms with Gasteiger partial charge in [0, 0.05) is 38.9 Å². The van der Waals surface area contributed by atoms with Gasteiger partial charge in [0.25, 0.3) is 0 Å². The van der Waals surface area contributed by atoms with Crippen LogP contribution in [0.1, 0.15) is 26.7 Å². The molecule has 0 amide bonds. The minimum atomic E-state index is 0.465. The second-order valence-corrected chi connectivity index (χ2v) is 4.79. The predicted molar refractivity (Wildman–Crippen MR) is 70.4 cm³/mol. The van der Waals surface area contributed by atoms with Crippen LogP contribution in [-0.2, 0) is 9.47 Å². The van der Waals surface area contributed by atoms with Gasteiger partial charge in [-0.3, -0.25) is 4.90 Å². The van der Waals surface area contributed by atoms with Crippen molar-refractivity contribution in [2.75, 3.05) is 46.6 Å². The molecule has 2 atom stereocenters. The van der Waals surface area contributed by atoms with Crippen LogP contribution >= 0.6 is 0 Å². The molecule has 0 saturated carbocycles. The lowest BCUT2D eigenvalue weighted by molar-refractivity contribution is 0.0535. The van der Waals surface area contributed by atoms with E-state index < -0.39 is 0 Å². The van der Waals surface area contributed by atoms with Crippen molar-refractivity contribution in [2.45, 2.75) is 38.8 Å². The molecule has 0 aromatic carbocycles. The quantitative estimate of drug-likeness (QED) is 0.659. The van der Waals surface area contributed by atoms with E-state index in [-0.39, 0.29) is 0 Å². The maximum atomic E-state index is 5.52. The van der Waals surface area contributed by atoms with Gasteiger partial charge in [-0.25, -0.2) is 0 Å². The van der Waals surface area contributed by atoms with Crippen molar-refractivity contribution in [3.63, 3.8) is 0 Å². The first kappa shape index (κ1) is 14.9. The van der Waals surface area contributed by atoms with Crippen molar-refractivity contribution in [1.82, 2.24) is 10.2 Å². The van der Waals surface area contributed by atoms with E-state index >= 15 is 0 Å². The lowest BCUT2D eigenvalue weighted by Gasteiger charge is -2.31. The Balaban J connectivity index is 2.34. The Morgan fingerprint density at radius 1 is 1.47 bits per heavy atom. The summed E-state index contributed by atoms with van der Waals surface area (Å²) in [5.41, 5.74) is 0. The van der Waals surface area contributed by atoms with Gasteiger partial charge in [0.1, 0.15) is 0 Å². The van der Waals surface area contributed by atoms with Gasteiger partial charge in [0.15, 0.2) is 0 Å². The molecule has 17 heavy (non-hydrogen) atoms. The highest BCUT2D eigenvalue weighted by Crippen LogP contribution is 2.09. The van der Waals surface area contributed by atoms with Crippen LogP contribution in [0, 0.1) is 0 Å². The van der Waals surface area contributed by atoms with E-state index in [0.717, 1.165) is 32.9 Å². The van der Waals surface area contributed by atoms with Gasteiger partial charge in [-0.2, -0.15) is 0 Å². The topological polar surface area (TPSA) is 33.7 Å². The van der Waals surface area contributed by atoms with Crippen LogP contribution in [0.3, 0.4) is 0 Å². The zero-order valence-electron chi connectivity index (χ0n) is 11.6. The van der Waals surface area contributed by atoms with Gasteiger partial charge >= 0.3 is 0 Å². The molecule has 0 aromatic rings. The molecule has 1 N–H and O–H groups in total. The fourth-order valence-electron chi connectivity index (χ4n) is 2.29. The summed E-state index contributed by atoms with van der Waals surface area (Å²) in [6.07, 6.45) is 2.60. The minimum Gasteiger partial charge on any atom is -0.383 e. The number of methoxy groups -OCH3 is 1. The molecule has 0 aliphatic carbocycles. The van der Waals surface area contributed by atoms with Crippen LogP contribution in [0.25, 0.3) is 0 Å². The van der Waals surface area contributed by atoms with E-state index in [1.165, 1.54) is 19.4 Å². The molecule has 1 fully saturated rings. The SMILES string of the molecule is CCOCC(C)N(CCOC)CC1CCCN1. The molecule has 2 unspecified atom stereocenters. The van der Waals surface area contributed by atoms with Gasteiger partial charge < -0.3 is 14.8 Å². The number of ether oxygens (including phenoxy) is 2. The number of hydrogen-bond donors (Lipinski definition) is 1. The normalized spacial score (nSPS) is 22.2. The zero-order valence-corrected chi connectivity index (χ0v) is 11.6. The molecule has 0 spiro atoms. The summed E-state index contributed by atoms with van der Waals surface area (Å²) >= 11 is 0. The Labute approximate surface area is 106 Å². The fraction of sp³-hybridized carbons (Fsp3) is 1.00. The highest BCUT2D eigenvalue weighted by molar-refractivity contribution is 4.80. The molecule has 0 aromatic heterocycles. The van der Waals surface area contributed by atoms with Crippen LogP contribution in [0.2, 0.25) is 0 Å². The third kappa shape index (κ3) is 5.82. The third-order valence-corrected chi connectivity index (χ3v) is 3.39. The lowest BCUT2D eigenvalue weighted by Crippen LogP contribution is -2.45. The summed E-state index contributed by atoms with van der Waals surface area (Å²) in [6, 6.07) is 1.11. The Bertz CT molecular complexity index is 184. The Morgan fingerprint density at radius 2 is 2.29 bits per heavy atom. The monoisotopic (exact) mass is 244 g/mol. The molecular weight excluding hydrogens is 216 g/mol. The summed E-state index contributed by atoms with van der Waals surface area (Å²) in [5.74, 6) is 0. The molecule has 1 aliphatic heterocycles. The van der Waals surface area contributed by atoms with Crippen molar-refractivity contribution in [2.24, 2.45) is 0 Å². The summed E-state index contributed by atoms with van der Waals surface area (Å²) in [5, 5.41) is 3.55. The minimum absolute atomic E-state index is 0.465. The van der Waals surface area contributed by atoms with Crippen molar-refractivity contribution in [1.29, 1.82) is 0 Å². The molecule has 1 saturated heterocycles. The number of nitrogens with one attached hydrogen (secondary N) is 1. The van der Waals surface area contributed by atoms with Crippen LogP contribution in [0.4, 0.5) is 0 Å². The van der Waals surface area contributed by atoms with Crippen LogP contribution in [-0.4, -0.2) is 63.5 Å². The van der Waals surface area contributed by atoms with Crippen LogP contribution in [0.5, 0.6) is 0 Å². The molecule has 0 radical (unpaired) electrons. The van der Waals surface area contributed by atoms with Gasteiger partial charge in [0.2, 0.25) is 0 Å². The van der Waals surface area contributed by atoms with E-state index in [4.69, 9.17) is 9.47 Å². The van der Waals surface area contributed by atoms with Gasteiger partial charge in [0.05, 0.1) is 13.2 Å². The van der Waals surface area contributed by atoms with Gasteiger partial charge in [-0.05, 0) is 33.2 Å². The van der Waals surface area contributed by atoms with Crippen molar-refractivity contribution >= 4 is 0 Å². The predicted octanol–water partition coefficient (Wildman–Crippen LogP) is 1.11. The molecule has 102 valence electrons. The molecule has 0 bridgehead atoms. The summed E-state index contributed by atoms with van der Waals surface area (Å²) in [6.45, 7) is 9.95. The smallest absolute Gasteiger partial charge is 0.0619 e. The zero-order chi connectivity index (χ0) is 12.5. The molecule has 1 heterocycles. The van der Waals surface area contributed by atoms with E-state index in [0.29, 0.717) is 12.1 Å². The average Bonchev–Trinajstić information content (AvgIpc) is 2.84. The van der Waals surface area contributed by atoms with Crippen molar-refractivity contribution in [3.8, 4) is 0 Å². The molecule has 1 rings (SSSR count). The average molecular weight is 244 g/mol.